The van der Waals surface area contributed by atoms with E-state index in [0.29, 0.717) is 26.3 Å². The lowest BCUT2D eigenvalue weighted by Gasteiger charge is -2.39. The maximum atomic E-state index is 12.2. The van der Waals surface area contributed by atoms with Crippen LogP contribution in [0.25, 0.3) is 0 Å². The van der Waals surface area contributed by atoms with E-state index in [2.05, 4.69) is 4.90 Å². The summed E-state index contributed by atoms with van der Waals surface area (Å²) in [6.07, 6.45) is 2.88. The normalized spacial score (nSPS) is 24.4. The average molecular weight is 348 g/mol. The van der Waals surface area contributed by atoms with Crippen LogP contribution >= 0.6 is 0 Å². The number of ether oxygens (including phenoxy) is 2. The first-order valence-electron chi connectivity index (χ1n) is 9.19. The summed E-state index contributed by atoms with van der Waals surface area (Å²) >= 11 is 0. The summed E-state index contributed by atoms with van der Waals surface area (Å²) in [6, 6.07) is 9.85. The molecule has 138 valence electrons. The zero-order chi connectivity index (χ0) is 17.5. The second-order valence-corrected chi connectivity index (χ2v) is 6.70. The lowest BCUT2D eigenvalue weighted by Crippen LogP contribution is -2.54. The molecular formula is C19H28N2O4. The van der Waals surface area contributed by atoms with E-state index in [1.165, 1.54) is 0 Å². The minimum absolute atomic E-state index is 0.0336. The number of hydrogen-bond acceptors (Lipinski definition) is 5. The van der Waals surface area contributed by atoms with Gasteiger partial charge in [0.05, 0.1) is 12.7 Å². The Bertz CT molecular complexity index is 531. The number of carbonyl (C=O) groups is 1. The molecule has 25 heavy (non-hydrogen) atoms. The van der Waals surface area contributed by atoms with Crippen LogP contribution in [0.3, 0.4) is 0 Å². The van der Waals surface area contributed by atoms with E-state index in [9.17, 15) is 9.90 Å². The number of benzene rings is 1. The third-order valence-corrected chi connectivity index (χ3v) is 5.05. The average Bonchev–Trinajstić information content (AvgIpc) is 3.08. The molecule has 1 heterocycles. The van der Waals surface area contributed by atoms with Gasteiger partial charge in [0, 0.05) is 32.2 Å². The number of aliphatic hydroxyl groups is 1. The van der Waals surface area contributed by atoms with Crippen molar-refractivity contribution in [2.45, 2.75) is 31.4 Å². The number of carbonyl (C=O) groups excluding carboxylic acids is 1. The van der Waals surface area contributed by atoms with Crippen molar-refractivity contribution in [2.24, 2.45) is 0 Å². The first kappa shape index (κ1) is 18.2. The van der Waals surface area contributed by atoms with Crippen LogP contribution in [0.2, 0.25) is 0 Å². The highest BCUT2D eigenvalue weighted by Crippen LogP contribution is 2.25. The Kier molecular flexibility index (Phi) is 6.67. The minimum atomic E-state index is -0.199. The Morgan fingerprint density at radius 3 is 2.52 bits per heavy atom. The van der Waals surface area contributed by atoms with Gasteiger partial charge in [0.15, 0.2) is 0 Å². The lowest BCUT2D eigenvalue weighted by atomic mass is 10.1. The zero-order valence-electron chi connectivity index (χ0n) is 14.7. The highest BCUT2D eigenvalue weighted by Gasteiger charge is 2.33. The van der Waals surface area contributed by atoms with Gasteiger partial charge in [-0.05, 0) is 31.4 Å². The summed E-state index contributed by atoms with van der Waals surface area (Å²) in [7, 11) is 0. The second kappa shape index (κ2) is 9.17. The third kappa shape index (κ3) is 5.17. The Labute approximate surface area is 149 Å². The number of piperazine rings is 1. The Hall–Kier alpha value is -1.63. The number of amides is 1. The van der Waals surface area contributed by atoms with Gasteiger partial charge < -0.3 is 19.5 Å². The van der Waals surface area contributed by atoms with Crippen LogP contribution in [-0.2, 0) is 9.53 Å². The molecule has 0 bridgehead atoms. The first-order chi connectivity index (χ1) is 12.2. The smallest absolute Gasteiger partial charge is 0.248 e. The maximum Gasteiger partial charge on any atom is 0.248 e. The molecule has 1 saturated carbocycles. The van der Waals surface area contributed by atoms with Gasteiger partial charge in [-0.2, -0.15) is 0 Å². The highest BCUT2D eigenvalue weighted by molar-refractivity contribution is 5.77. The fourth-order valence-electron chi connectivity index (χ4n) is 3.64. The maximum absolute atomic E-state index is 12.2. The van der Waals surface area contributed by atoms with Crippen LogP contribution in [0.15, 0.2) is 30.3 Å². The summed E-state index contributed by atoms with van der Waals surface area (Å²) in [5.41, 5.74) is 0. The summed E-state index contributed by atoms with van der Waals surface area (Å²) in [4.78, 5) is 16.4. The van der Waals surface area contributed by atoms with Crippen molar-refractivity contribution in [3.8, 4) is 5.75 Å². The van der Waals surface area contributed by atoms with Crippen LogP contribution in [-0.4, -0.2) is 79.0 Å². The molecule has 2 fully saturated rings. The molecule has 1 aromatic rings. The van der Waals surface area contributed by atoms with Crippen molar-refractivity contribution in [2.75, 3.05) is 46.0 Å². The van der Waals surface area contributed by atoms with E-state index in [1.54, 1.807) is 0 Å². The van der Waals surface area contributed by atoms with Crippen molar-refractivity contribution in [3.05, 3.63) is 30.3 Å². The van der Waals surface area contributed by atoms with Gasteiger partial charge in [-0.15, -0.1) is 0 Å². The number of nitrogens with zero attached hydrogens (tertiary/aromatic N) is 2. The summed E-state index contributed by atoms with van der Waals surface area (Å²) in [5.74, 6) is 0.842. The van der Waals surface area contributed by atoms with Crippen molar-refractivity contribution < 1.29 is 19.4 Å². The summed E-state index contributed by atoms with van der Waals surface area (Å²) in [6.45, 7) is 4.04. The van der Waals surface area contributed by atoms with E-state index < -0.39 is 0 Å². The van der Waals surface area contributed by atoms with E-state index in [-0.39, 0.29) is 24.7 Å². The molecule has 0 radical (unpaired) electrons. The molecule has 2 atom stereocenters. The molecule has 6 nitrogen and oxygen atoms in total. The van der Waals surface area contributed by atoms with Gasteiger partial charge in [0.1, 0.15) is 19.0 Å². The number of rotatable bonds is 7. The molecule has 0 aromatic heterocycles. The van der Waals surface area contributed by atoms with Gasteiger partial charge in [-0.3, -0.25) is 9.69 Å². The molecule has 3 rings (SSSR count). The molecule has 1 aromatic carbocycles. The van der Waals surface area contributed by atoms with Crippen molar-refractivity contribution >= 4 is 5.91 Å². The van der Waals surface area contributed by atoms with E-state index in [4.69, 9.17) is 9.47 Å². The Morgan fingerprint density at radius 2 is 1.84 bits per heavy atom. The predicted octanol–water partition coefficient (Wildman–Crippen LogP) is 1.14. The van der Waals surface area contributed by atoms with Gasteiger partial charge >= 0.3 is 0 Å². The lowest BCUT2D eigenvalue weighted by molar-refractivity contribution is -0.138. The molecule has 2 aliphatic rings. The summed E-state index contributed by atoms with van der Waals surface area (Å²) < 4.78 is 11.0. The number of hydrogen-bond donors (Lipinski definition) is 1. The Balaban J connectivity index is 1.29. The van der Waals surface area contributed by atoms with Crippen LogP contribution in [0.5, 0.6) is 5.75 Å². The first-order valence-corrected chi connectivity index (χ1v) is 9.19. The fraction of sp³-hybridized carbons (Fsp3) is 0.632. The van der Waals surface area contributed by atoms with Crippen LogP contribution < -0.4 is 4.74 Å². The molecule has 1 aliphatic heterocycles. The second-order valence-electron chi connectivity index (χ2n) is 6.70. The monoisotopic (exact) mass is 348 g/mol. The van der Waals surface area contributed by atoms with Gasteiger partial charge in [0.2, 0.25) is 5.91 Å². The minimum Gasteiger partial charge on any atom is -0.491 e. The van der Waals surface area contributed by atoms with Crippen LogP contribution in [0, 0.1) is 0 Å². The fourth-order valence-corrected chi connectivity index (χ4v) is 3.64. The molecule has 0 spiro atoms. The third-order valence-electron chi connectivity index (χ3n) is 5.05. The molecule has 1 N–H and O–H groups in total. The zero-order valence-corrected chi connectivity index (χ0v) is 14.7. The Morgan fingerprint density at radius 1 is 1.08 bits per heavy atom. The molecule has 1 amide bonds. The molecular weight excluding hydrogens is 320 g/mol. The van der Waals surface area contributed by atoms with E-state index >= 15 is 0 Å². The predicted molar refractivity (Wildman–Crippen MR) is 94.6 cm³/mol. The van der Waals surface area contributed by atoms with Gasteiger partial charge in [-0.25, -0.2) is 0 Å². The molecule has 6 heteroatoms. The largest absolute Gasteiger partial charge is 0.491 e. The quantitative estimate of drug-likeness (QED) is 0.749. The number of para-hydroxylation sites is 1. The molecule has 2 unspecified atom stereocenters. The van der Waals surface area contributed by atoms with Crippen molar-refractivity contribution in [1.29, 1.82) is 0 Å². The SMILES string of the molecule is O=C(COCCOc1ccccc1)N1CCN(C2CCCC2O)CC1. The van der Waals surface area contributed by atoms with Gasteiger partial charge in [0.25, 0.3) is 0 Å². The van der Waals surface area contributed by atoms with Crippen LogP contribution in [0.4, 0.5) is 0 Å². The van der Waals surface area contributed by atoms with E-state index in [0.717, 1.165) is 38.1 Å². The van der Waals surface area contributed by atoms with E-state index in [1.807, 2.05) is 35.2 Å². The number of aliphatic hydroxyl groups excluding tert-OH is 1. The van der Waals surface area contributed by atoms with Crippen molar-refractivity contribution in [1.82, 2.24) is 9.80 Å². The topological polar surface area (TPSA) is 62.2 Å². The molecule has 1 aliphatic carbocycles. The standard InChI is InChI=1S/C19H28N2O4/c22-18-8-4-7-17(18)20-9-11-21(12-10-20)19(23)15-24-13-14-25-16-5-2-1-3-6-16/h1-3,5-6,17-18,22H,4,7-15H2. The highest BCUT2D eigenvalue weighted by atomic mass is 16.5. The van der Waals surface area contributed by atoms with Gasteiger partial charge in [-0.1, -0.05) is 18.2 Å². The van der Waals surface area contributed by atoms with Crippen LogP contribution in [0.1, 0.15) is 19.3 Å². The molecule has 1 saturated heterocycles. The van der Waals surface area contributed by atoms with Crippen molar-refractivity contribution in [3.63, 3.8) is 0 Å². The summed E-state index contributed by atoms with van der Waals surface area (Å²) in [5, 5.41) is 10.0.